The van der Waals surface area contributed by atoms with E-state index in [-0.39, 0.29) is 18.4 Å². The number of imide groups is 1. The highest BCUT2D eigenvalue weighted by molar-refractivity contribution is 6.23. The van der Waals surface area contributed by atoms with Gasteiger partial charge in [-0.3, -0.25) is 19.4 Å². The van der Waals surface area contributed by atoms with Crippen LogP contribution < -0.4 is 0 Å². The van der Waals surface area contributed by atoms with Crippen molar-refractivity contribution in [3.63, 3.8) is 0 Å². The number of aliphatic imine (C=N–C) groups is 1. The zero-order chi connectivity index (χ0) is 20.2. The Morgan fingerprint density at radius 1 is 1.22 bits per heavy atom. The van der Waals surface area contributed by atoms with Gasteiger partial charge in [0.05, 0.1) is 18.3 Å². The molecule has 144 valence electrons. The topological polar surface area (TPSA) is 90.9 Å². The lowest BCUT2D eigenvalue weighted by molar-refractivity contribution is -0.567. The predicted molar refractivity (Wildman–Crippen MR) is 99.0 cm³/mol. The van der Waals surface area contributed by atoms with E-state index in [1.807, 2.05) is 39.2 Å². The SMILES string of the molecule is CC(=O)CN1C(=O)C2C(=NC(n3nc(C)c(C)c3C)=[N+]2C(C)C)N(C)C1=O. The van der Waals surface area contributed by atoms with Gasteiger partial charge < -0.3 is 0 Å². The zero-order valence-electron chi connectivity index (χ0n) is 16.8. The molecule has 2 aliphatic rings. The number of carbonyl (C=O) groups is 3. The first kappa shape index (κ1) is 18.9. The number of aryl methyl sites for hydroxylation is 1. The van der Waals surface area contributed by atoms with Crippen LogP contribution in [0.1, 0.15) is 37.7 Å². The van der Waals surface area contributed by atoms with E-state index in [1.54, 1.807) is 11.7 Å². The molecular weight excluding hydrogens is 348 g/mol. The number of amidine groups is 1. The number of Topliss-reactive ketones (excluding diaryl/α,β-unsaturated/α-hetero) is 1. The molecule has 0 radical (unpaired) electrons. The summed E-state index contributed by atoms with van der Waals surface area (Å²) < 4.78 is 3.57. The van der Waals surface area contributed by atoms with Crippen molar-refractivity contribution in [3.8, 4) is 0 Å². The van der Waals surface area contributed by atoms with Gasteiger partial charge in [0.15, 0.2) is 0 Å². The van der Waals surface area contributed by atoms with Crippen LogP contribution in [-0.2, 0) is 9.59 Å². The molecule has 1 fully saturated rings. The number of carbonyl (C=O) groups excluding carboxylic acids is 3. The molecule has 1 atom stereocenters. The van der Waals surface area contributed by atoms with Gasteiger partial charge in [-0.15, -0.1) is 9.78 Å². The molecule has 9 nitrogen and oxygen atoms in total. The number of nitrogens with zero attached hydrogens (tertiary/aromatic N) is 6. The van der Waals surface area contributed by atoms with Gasteiger partial charge in [0, 0.05) is 12.6 Å². The van der Waals surface area contributed by atoms with Gasteiger partial charge in [-0.25, -0.2) is 9.37 Å². The Bertz CT molecular complexity index is 924. The Labute approximate surface area is 158 Å². The number of fused-ring (bicyclic) bond motifs is 1. The highest BCUT2D eigenvalue weighted by Gasteiger charge is 2.54. The van der Waals surface area contributed by atoms with Crippen molar-refractivity contribution < 1.29 is 19.0 Å². The number of urea groups is 1. The van der Waals surface area contributed by atoms with Gasteiger partial charge in [0.1, 0.15) is 11.5 Å². The molecule has 9 heteroatoms. The summed E-state index contributed by atoms with van der Waals surface area (Å²) in [5.74, 6) is 0.182. The third kappa shape index (κ3) is 2.77. The number of rotatable bonds is 3. The minimum Gasteiger partial charge on any atom is -0.298 e. The number of likely N-dealkylation sites (N-methyl/N-ethyl adjacent to an activating group) is 1. The third-order valence-electron chi connectivity index (χ3n) is 5.11. The molecule has 3 heterocycles. The first-order chi connectivity index (χ1) is 12.6. The highest BCUT2D eigenvalue weighted by atomic mass is 16.2. The summed E-state index contributed by atoms with van der Waals surface area (Å²) in [5, 5.41) is 4.57. The van der Waals surface area contributed by atoms with E-state index in [4.69, 9.17) is 0 Å². The van der Waals surface area contributed by atoms with Crippen LogP contribution >= 0.6 is 0 Å². The van der Waals surface area contributed by atoms with Crippen LogP contribution in [0.5, 0.6) is 0 Å². The quantitative estimate of drug-likeness (QED) is 0.729. The smallest absolute Gasteiger partial charge is 0.298 e. The number of hydrogen-bond donors (Lipinski definition) is 0. The van der Waals surface area contributed by atoms with Gasteiger partial charge in [0.25, 0.3) is 5.91 Å². The van der Waals surface area contributed by atoms with Crippen LogP contribution in [0.25, 0.3) is 0 Å². The largest absolute Gasteiger partial charge is 0.421 e. The molecule has 0 aromatic carbocycles. The number of amides is 3. The van der Waals surface area contributed by atoms with Gasteiger partial charge >= 0.3 is 12.0 Å². The lowest BCUT2D eigenvalue weighted by Crippen LogP contribution is -2.64. The molecule has 27 heavy (non-hydrogen) atoms. The van der Waals surface area contributed by atoms with E-state index >= 15 is 0 Å². The van der Waals surface area contributed by atoms with Gasteiger partial charge in [0.2, 0.25) is 11.9 Å². The Morgan fingerprint density at radius 2 is 1.85 bits per heavy atom. The van der Waals surface area contributed by atoms with E-state index < -0.39 is 18.0 Å². The Kier molecular flexibility index (Phi) is 4.49. The minimum atomic E-state index is -0.758. The zero-order valence-corrected chi connectivity index (χ0v) is 16.8. The molecule has 0 bridgehead atoms. The van der Waals surface area contributed by atoms with Gasteiger partial charge in [-0.2, -0.15) is 0 Å². The molecule has 1 saturated heterocycles. The van der Waals surface area contributed by atoms with Gasteiger partial charge in [-0.1, -0.05) is 4.99 Å². The summed E-state index contributed by atoms with van der Waals surface area (Å²) in [5.41, 5.74) is 2.86. The number of ketones is 1. The van der Waals surface area contributed by atoms with E-state index in [0.29, 0.717) is 11.8 Å². The van der Waals surface area contributed by atoms with Crippen LogP contribution in [0.3, 0.4) is 0 Å². The first-order valence-corrected chi connectivity index (χ1v) is 8.91. The Balaban J connectivity index is 2.19. The maximum atomic E-state index is 13.1. The third-order valence-corrected chi connectivity index (χ3v) is 5.11. The molecular formula is C18H25N6O3+. The van der Waals surface area contributed by atoms with E-state index in [1.165, 1.54) is 11.8 Å². The molecule has 0 spiro atoms. The molecule has 0 N–H and O–H groups in total. The summed E-state index contributed by atoms with van der Waals surface area (Å²) in [6.45, 7) is 10.9. The van der Waals surface area contributed by atoms with Crippen molar-refractivity contribution in [2.24, 2.45) is 4.99 Å². The van der Waals surface area contributed by atoms with Crippen molar-refractivity contribution >= 4 is 29.5 Å². The molecule has 0 saturated carbocycles. The second kappa shape index (κ2) is 6.40. The monoisotopic (exact) mass is 373 g/mol. The summed E-state index contributed by atoms with van der Waals surface area (Å²) >= 11 is 0. The standard InChI is InChI=1S/C18H25N6O3/c1-9(2)23-14-15(19-17(23)24-13(6)11(4)12(5)20-24)21(7)18(27)22(16(14)26)8-10(3)25/h9,14H,8H2,1-7H3/q+1. The predicted octanol–water partition coefficient (Wildman–Crippen LogP) is 0.697. The molecule has 2 aliphatic heterocycles. The summed E-state index contributed by atoms with van der Waals surface area (Å²) in [6, 6.07) is -1.37. The molecule has 3 amide bonds. The number of aromatic nitrogens is 2. The van der Waals surface area contributed by atoms with E-state index in [2.05, 4.69) is 10.1 Å². The van der Waals surface area contributed by atoms with Crippen LogP contribution in [-0.4, -0.2) is 79.3 Å². The summed E-state index contributed by atoms with van der Waals surface area (Å²) in [6.07, 6.45) is 0. The maximum Gasteiger partial charge on any atom is 0.421 e. The van der Waals surface area contributed by atoms with Gasteiger partial charge in [-0.05, 0) is 41.5 Å². The molecule has 0 aliphatic carbocycles. The summed E-state index contributed by atoms with van der Waals surface area (Å²) in [7, 11) is 1.57. The molecule has 1 aromatic heterocycles. The highest BCUT2D eigenvalue weighted by Crippen LogP contribution is 2.23. The average Bonchev–Trinajstić information content (AvgIpc) is 3.10. The van der Waals surface area contributed by atoms with Crippen LogP contribution in [0.2, 0.25) is 0 Å². The lowest BCUT2D eigenvalue weighted by atomic mass is 10.1. The molecule has 1 aromatic rings. The average molecular weight is 373 g/mol. The Morgan fingerprint density at radius 3 is 2.33 bits per heavy atom. The maximum absolute atomic E-state index is 13.1. The van der Waals surface area contributed by atoms with Crippen molar-refractivity contribution in [1.29, 1.82) is 0 Å². The van der Waals surface area contributed by atoms with Crippen molar-refractivity contribution in [2.75, 3.05) is 13.6 Å². The van der Waals surface area contributed by atoms with Crippen LogP contribution in [0.15, 0.2) is 4.99 Å². The van der Waals surface area contributed by atoms with E-state index in [9.17, 15) is 14.4 Å². The minimum absolute atomic E-state index is 0.0693. The van der Waals surface area contributed by atoms with E-state index in [0.717, 1.165) is 21.9 Å². The molecule has 3 rings (SSSR count). The fraction of sp³-hybridized carbons (Fsp3) is 0.556. The fourth-order valence-corrected chi connectivity index (χ4v) is 3.44. The lowest BCUT2D eigenvalue weighted by Gasteiger charge is -2.34. The first-order valence-electron chi connectivity index (χ1n) is 8.91. The fourth-order valence-electron chi connectivity index (χ4n) is 3.44. The summed E-state index contributed by atoms with van der Waals surface area (Å²) in [4.78, 5) is 44.2. The second-order valence-corrected chi connectivity index (χ2v) is 7.35. The molecule has 1 unspecified atom stereocenters. The Hall–Kier alpha value is -2.84. The number of hydrogen-bond acceptors (Lipinski definition) is 5. The normalized spacial score (nSPS) is 20.0. The van der Waals surface area contributed by atoms with Crippen molar-refractivity contribution in [2.45, 2.75) is 53.6 Å². The van der Waals surface area contributed by atoms with Crippen molar-refractivity contribution in [3.05, 3.63) is 17.0 Å². The van der Waals surface area contributed by atoms with Crippen LogP contribution in [0, 0.1) is 20.8 Å². The van der Waals surface area contributed by atoms with Crippen LogP contribution in [0.4, 0.5) is 4.79 Å². The van der Waals surface area contributed by atoms with Crippen molar-refractivity contribution in [1.82, 2.24) is 19.6 Å². The second-order valence-electron chi connectivity index (χ2n) is 7.35.